The van der Waals surface area contributed by atoms with Gasteiger partial charge in [0.25, 0.3) is 0 Å². The van der Waals surface area contributed by atoms with E-state index >= 15 is 0 Å². The monoisotopic (exact) mass is 265 g/mol. The Kier molecular flexibility index (Phi) is 3.87. The van der Waals surface area contributed by atoms with Gasteiger partial charge in [-0.05, 0) is 24.6 Å². The SMILES string of the molecule is Cc1cccc(SCc2cccc(F)c2F)c1N. The summed E-state index contributed by atoms with van der Waals surface area (Å²) in [6.45, 7) is 1.92. The first-order chi connectivity index (χ1) is 8.59. The average Bonchev–Trinajstić information content (AvgIpc) is 2.36. The summed E-state index contributed by atoms with van der Waals surface area (Å²) in [6, 6.07) is 9.90. The van der Waals surface area contributed by atoms with Crippen LogP contribution in [0, 0.1) is 18.6 Å². The van der Waals surface area contributed by atoms with Gasteiger partial charge in [0.05, 0.1) is 0 Å². The van der Waals surface area contributed by atoms with Gasteiger partial charge in [-0.2, -0.15) is 0 Å². The Bertz CT molecular complexity index is 518. The number of halogens is 2. The maximum Gasteiger partial charge on any atom is 0.162 e. The molecule has 0 amide bonds. The molecule has 0 spiro atoms. The lowest BCUT2D eigenvalue weighted by atomic mass is 10.2. The minimum absolute atomic E-state index is 0.348. The highest BCUT2D eigenvalue weighted by atomic mass is 32.2. The third-order valence-electron chi connectivity index (χ3n) is 2.70. The lowest BCUT2D eigenvalue weighted by molar-refractivity contribution is 0.502. The molecule has 0 heterocycles. The van der Waals surface area contributed by atoms with Crippen LogP contribution in [-0.2, 0) is 5.75 Å². The van der Waals surface area contributed by atoms with E-state index in [0.717, 1.165) is 16.5 Å². The highest BCUT2D eigenvalue weighted by Gasteiger charge is 2.09. The Morgan fingerprint density at radius 2 is 1.83 bits per heavy atom. The van der Waals surface area contributed by atoms with Gasteiger partial charge in [0, 0.05) is 21.9 Å². The van der Waals surface area contributed by atoms with Crippen molar-refractivity contribution in [2.24, 2.45) is 0 Å². The molecule has 0 bridgehead atoms. The second-order valence-corrected chi connectivity index (χ2v) is 5.01. The summed E-state index contributed by atoms with van der Waals surface area (Å²) < 4.78 is 26.5. The molecule has 0 saturated carbocycles. The Hall–Kier alpha value is -1.55. The third-order valence-corrected chi connectivity index (χ3v) is 3.82. The molecule has 94 valence electrons. The first-order valence-corrected chi connectivity index (χ1v) is 6.49. The fourth-order valence-electron chi connectivity index (χ4n) is 1.60. The summed E-state index contributed by atoms with van der Waals surface area (Å²) in [5, 5.41) is 0. The number of rotatable bonds is 3. The lowest BCUT2D eigenvalue weighted by Crippen LogP contribution is -1.94. The van der Waals surface area contributed by atoms with Crippen molar-refractivity contribution < 1.29 is 8.78 Å². The van der Waals surface area contributed by atoms with E-state index in [0.29, 0.717) is 17.0 Å². The summed E-state index contributed by atoms with van der Waals surface area (Å²) in [7, 11) is 0. The molecule has 1 nitrogen and oxygen atoms in total. The van der Waals surface area contributed by atoms with E-state index in [9.17, 15) is 8.78 Å². The molecule has 0 atom stereocenters. The van der Waals surface area contributed by atoms with E-state index in [1.165, 1.54) is 17.8 Å². The summed E-state index contributed by atoms with van der Waals surface area (Å²) in [6.07, 6.45) is 0. The molecule has 0 saturated heterocycles. The molecule has 0 aromatic heterocycles. The summed E-state index contributed by atoms with van der Waals surface area (Å²) in [5.74, 6) is -1.24. The van der Waals surface area contributed by atoms with Gasteiger partial charge in [0.2, 0.25) is 0 Å². The summed E-state index contributed by atoms with van der Waals surface area (Å²) >= 11 is 1.41. The van der Waals surface area contributed by atoms with Gasteiger partial charge in [-0.1, -0.05) is 24.3 Å². The summed E-state index contributed by atoms with van der Waals surface area (Å²) in [5.41, 5.74) is 7.95. The molecule has 0 aliphatic rings. The summed E-state index contributed by atoms with van der Waals surface area (Å²) in [4.78, 5) is 0.888. The van der Waals surface area contributed by atoms with Crippen molar-refractivity contribution in [3.05, 3.63) is 59.2 Å². The quantitative estimate of drug-likeness (QED) is 0.666. The molecule has 0 radical (unpaired) electrons. The number of hydrogen-bond acceptors (Lipinski definition) is 2. The van der Waals surface area contributed by atoms with E-state index < -0.39 is 11.6 Å². The van der Waals surface area contributed by atoms with Crippen molar-refractivity contribution >= 4 is 17.4 Å². The van der Waals surface area contributed by atoms with E-state index in [1.54, 1.807) is 6.07 Å². The van der Waals surface area contributed by atoms with E-state index in [-0.39, 0.29) is 0 Å². The minimum atomic E-state index is -0.815. The fraction of sp³-hybridized carbons (Fsp3) is 0.143. The van der Waals surface area contributed by atoms with Crippen LogP contribution in [0.3, 0.4) is 0 Å². The molecule has 0 unspecified atom stereocenters. The minimum Gasteiger partial charge on any atom is -0.398 e. The van der Waals surface area contributed by atoms with Gasteiger partial charge < -0.3 is 5.73 Å². The highest BCUT2D eigenvalue weighted by molar-refractivity contribution is 7.98. The maximum atomic E-state index is 13.5. The van der Waals surface area contributed by atoms with Crippen molar-refractivity contribution in [2.45, 2.75) is 17.6 Å². The van der Waals surface area contributed by atoms with Crippen molar-refractivity contribution in [3.8, 4) is 0 Å². The van der Waals surface area contributed by atoms with Gasteiger partial charge in [0.1, 0.15) is 0 Å². The van der Waals surface area contributed by atoms with Gasteiger partial charge in [0.15, 0.2) is 11.6 Å². The van der Waals surface area contributed by atoms with Gasteiger partial charge in [-0.25, -0.2) is 8.78 Å². The molecule has 4 heteroatoms. The van der Waals surface area contributed by atoms with Gasteiger partial charge in [-0.3, -0.25) is 0 Å². The molecule has 2 aromatic rings. The predicted molar refractivity (Wildman–Crippen MR) is 71.5 cm³/mol. The average molecular weight is 265 g/mol. The number of aryl methyl sites for hydroxylation is 1. The predicted octanol–water partition coefficient (Wildman–Crippen LogP) is 4.15. The van der Waals surface area contributed by atoms with Crippen LogP contribution >= 0.6 is 11.8 Å². The van der Waals surface area contributed by atoms with E-state index in [1.807, 2.05) is 25.1 Å². The zero-order valence-electron chi connectivity index (χ0n) is 9.91. The molecule has 18 heavy (non-hydrogen) atoms. The van der Waals surface area contributed by atoms with Crippen LogP contribution in [0.25, 0.3) is 0 Å². The van der Waals surface area contributed by atoms with Gasteiger partial charge >= 0.3 is 0 Å². The number of thioether (sulfide) groups is 1. The van der Waals surface area contributed by atoms with Crippen molar-refractivity contribution in [3.63, 3.8) is 0 Å². The Labute approximate surface area is 109 Å². The Morgan fingerprint density at radius 1 is 1.11 bits per heavy atom. The van der Waals surface area contributed by atoms with Crippen LogP contribution in [0.1, 0.15) is 11.1 Å². The van der Waals surface area contributed by atoms with Crippen LogP contribution in [0.2, 0.25) is 0 Å². The van der Waals surface area contributed by atoms with Crippen LogP contribution in [0.5, 0.6) is 0 Å². The number of para-hydroxylation sites is 1. The fourth-order valence-corrected chi connectivity index (χ4v) is 2.62. The topological polar surface area (TPSA) is 26.0 Å². The number of benzene rings is 2. The largest absolute Gasteiger partial charge is 0.398 e. The standard InChI is InChI=1S/C14H13F2NS/c1-9-4-2-7-12(14(9)17)18-8-10-5-3-6-11(15)13(10)16/h2-7H,8,17H2,1H3. The first-order valence-electron chi connectivity index (χ1n) is 5.50. The molecule has 2 N–H and O–H groups in total. The Balaban J connectivity index is 2.17. The highest BCUT2D eigenvalue weighted by Crippen LogP contribution is 2.30. The second-order valence-electron chi connectivity index (χ2n) is 3.99. The van der Waals surface area contributed by atoms with E-state index in [2.05, 4.69) is 0 Å². The first kappa shape index (κ1) is 12.9. The van der Waals surface area contributed by atoms with Crippen LogP contribution in [0.4, 0.5) is 14.5 Å². The zero-order chi connectivity index (χ0) is 13.1. The molecule has 0 aliphatic carbocycles. The van der Waals surface area contributed by atoms with Crippen LogP contribution < -0.4 is 5.73 Å². The second kappa shape index (κ2) is 5.40. The van der Waals surface area contributed by atoms with Crippen molar-refractivity contribution in [1.82, 2.24) is 0 Å². The van der Waals surface area contributed by atoms with E-state index in [4.69, 9.17) is 5.73 Å². The van der Waals surface area contributed by atoms with Crippen LogP contribution in [0.15, 0.2) is 41.3 Å². The maximum absolute atomic E-state index is 13.5. The molecular weight excluding hydrogens is 252 g/mol. The molecule has 2 aromatic carbocycles. The smallest absolute Gasteiger partial charge is 0.162 e. The molecule has 0 fully saturated rings. The number of nitrogen functional groups attached to an aromatic ring is 1. The Morgan fingerprint density at radius 3 is 2.61 bits per heavy atom. The van der Waals surface area contributed by atoms with Crippen molar-refractivity contribution in [1.29, 1.82) is 0 Å². The van der Waals surface area contributed by atoms with Crippen molar-refractivity contribution in [2.75, 3.05) is 5.73 Å². The molecular formula is C14H13F2NS. The molecule has 0 aliphatic heterocycles. The zero-order valence-corrected chi connectivity index (χ0v) is 10.7. The third kappa shape index (κ3) is 2.64. The van der Waals surface area contributed by atoms with Crippen LogP contribution in [-0.4, -0.2) is 0 Å². The molecule has 2 rings (SSSR count). The number of anilines is 1. The number of nitrogens with two attached hydrogens (primary N) is 1. The number of hydrogen-bond donors (Lipinski definition) is 1. The normalized spacial score (nSPS) is 10.6. The lowest BCUT2D eigenvalue weighted by Gasteiger charge is -2.08. The van der Waals surface area contributed by atoms with Gasteiger partial charge in [-0.15, -0.1) is 11.8 Å².